The van der Waals surface area contributed by atoms with Crippen LogP contribution in [-0.2, 0) is 6.42 Å². The summed E-state index contributed by atoms with van der Waals surface area (Å²) in [6.07, 6.45) is 0.310. The molecule has 0 N–H and O–H groups in total. The van der Waals surface area contributed by atoms with Gasteiger partial charge < -0.3 is 9.47 Å². The molecule has 0 bridgehead atoms. The van der Waals surface area contributed by atoms with E-state index in [1.165, 1.54) is 0 Å². The molecule has 0 radical (unpaired) electrons. The lowest BCUT2D eigenvalue weighted by Gasteiger charge is -2.09. The van der Waals surface area contributed by atoms with E-state index in [-0.39, 0.29) is 5.78 Å². The summed E-state index contributed by atoms with van der Waals surface area (Å²) in [6, 6.07) is 12.9. The van der Waals surface area contributed by atoms with Crippen LogP contribution in [0.1, 0.15) is 15.9 Å². The van der Waals surface area contributed by atoms with Crippen LogP contribution in [0.5, 0.6) is 11.5 Å². The van der Waals surface area contributed by atoms with Crippen molar-refractivity contribution in [1.82, 2.24) is 0 Å². The summed E-state index contributed by atoms with van der Waals surface area (Å²) < 4.78 is 11.3. The van der Waals surface area contributed by atoms with Crippen molar-refractivity contribution in [3.63, 3.8) is 0 Å². The van der Waals surface area contributed by atoms with Gasteiger partial charge in [-0.2, -0.15) is 0 Å². The molecular formula is C16H15BrO3. The fraction of sp³-hybridized carbons (Fsp3) is 0.188. The zero-order chi connectivity index (χ0) is 14.5. The number of rotatable bonds is 5. The highest BCUT2D eigenvalue weighted by Gasteiger charge is 2.13. The first kappa shape index (κ1) is 14.6. The smallest absolute Gasteiger partial charge is 0.170 e. The minimum atomic E-state index is 0.0106. The molecular weight excluding hydrogens is 320 g/mol. The summed E-state index contributed by atoms with van der Waals surface area (Å²) in [5, 5.41) is 0. The van der Waals surface area contributed by atoms with Crippen LogP contribution in [0.15, 0.2) is 46.9 Å². The molecule has 0 heterocycles. The molecule has 104 valence electrons. The minimum absolute atomic E-state index is 0.0106. The van der Waals surface area contributed by atoms with E-state index in [4.69, 9.17) is 9.47 Å². The molecule has 3 nitrogen and oxygen atoms in total. The van der Waals surface area contributed by atoms with Crippen molar-refractivity contribution >= 4 is 21.7 Å². The van der Waals surface area contributed by atoms with Crippen LogP contribution in [0.3, 0.4) is 0 Å². The van der Waals surface area contributed by atoms with Gasteiger partial charge in [0, 0.05) is 10.9 Å². The Balaban J connectivity index is 2.25. The van der Waals surface area contributed by atoms with Gasteiger partial charge in [-0.3, -0.25) is 4.79 Å². The molecule has 0 aliphatic rings. The summed E-state index contributed by atoms with van der Waals surface area (Å²) in [6.45, 7) is 0. The van der Waals surface area contributed by atoms with Crippen molar-refractivity contribution in [1.29, 1.82) is 0 Å². The Labute approximate surface area is 126 Å². The van der Waals surface area contributed by atoms with E-state index in [0.29, 0.717) is 17.7 Å². The number of Topliss-reactive ketones (excluding diaryl/α,β-unsaturated/α-hetero) is 1. The fourth-order valence-electron chi connectivity index (χ4n) is 1.96. The van der Waals surface area contributed by atoms with Gasteiger partial charge in [0.2, 0.25) is 0 Å². The van der Waals surface area contributed by atoms with E-state index in [9.17, 15) is 4.79 Å². The molecule has 0 amide bonds. The lowest BCUT2D eigenvalue weighted by Crippen LogP contribution is -2.06. The Morgan fingerprint density at radius 1 is 1.10 bits per heavy atom. The van der Waals surface area contributed by atoms with Crippen LogP contribution in [0.25, 0.3) is 0 Å². The van der Waals surface area contributed by atoms with Crippen LogP contribution in [0.4, 0.5) is 0 Å². The largest absolute Gasteiger partial charge is 0.497 e. The summed E-state index contributed by atoms with van der Waals surface area (Å²) in [5.41, 5.74) is 1.49. The maximum atomic E-state index is 12.4. The standard InChI is InChI=1S/C16H15BrO3/c1-19-13-5-3-4-11(8-13)9-15(18)14-10-12(17)6-7-16(14)20-2/h3-8,10H,9H2,1-2H3. The Morgan fingerprint density at radius 3 is 2.60 bits per heavy atom. The Kier molecular flexibility index (Phi) is 4.79. The molecule has 0 unspecified atom stereocenters. The van der Waals surface area contributed by atoms with Crippen molar-refractivity contribution in [3.8, 4) is 11.5 Å². The van der Waals surface area contributed by atoms with Gasteiger partial charge >= 0.3 is 0 Å². The molecule has 2 aromatic carbocycles. The Morgan fingerprint density at radius 2 is 1.90 bits per heavy atom. The first-order valence-electron chi connectivity index (χ1n) is 6.13. The molecule has 20 heavy (non-hydrogen) atoms. The van der Waals surface area contributed by atoms with Crippen molar-refractivity contribution in [2.45, 2.75) is 6.42 Å². The number of carbonyl (C=O) groups excluding carboxylic acids is 1. The minimum Gasteiger partial charge on any atom is -0.497 e. The maximum absolute atomic E-state index is 12.4. The van der Waals surface area contributed by atoms with Gasteiger partial charge in [0.25, 0.3) is 0 Å². The second-order valence-corrected chi connectivity index (χ2v) is 5.21. The Hall–Kier alpha value is -1.81. The third kappa shape index (κ3) is 3.39. The third-order valence-electron chi connectivity index (χ3n) is 2.96. The van der Waals surface area contributed by atoms with Crippen LogP contribution in [0, 0.1) is 0 Å². The van der Waals surface area contributed by atoms with E-state index < -0.39 is 0 Å². The highest BCUT2D eigenvalue weighted by molar-refractivity contribution is 9.10. The molecule has 2 rings (SSSR count). The van der Waals surface area contributed by atoms with Crippen molar-refractivity contribution < 1.29 is 14.3 Å². The average molecular weight is 335 g/mol. The molecule has 0 aliphatic heterocycles. The number of hydrogen-bond acceptors (Lipinski definition) is 3. The predicted octanol–water partition coefficient (Wildman–Crippen LogP) is 3.89. The highest BCUT2D eigenvalue weighted by atomic mass is 79.9. The lowest BCUT2D eigenvalue weighted by atomic mass is 10.0. The average Bonchev–Trinajstić information content (AvgIpc) is 2.47. The summed E-state index contributed by atoms with van der Waals surface area (Å²) in [7, 11) is 3.17. The molecule has 4 heteroatoms. The zero-order valence-corrected chi connectivity index (χ0v) is 12.9. The van der Waals surface area contributed by atoms with E-state index in [1.807, 2.05) is 30.3 Å². The van der Waals surface area contributed by atoms with Crippen molar-refractivity contribution in [2.24, 2.45) is 0 Å². The van der Waals surface area contributed by atoms with Crippen molar-refractivity contribution in [2.75, 3.05) is 14.2 Å². The fourth-order valence-corrected chi connectivity index (χ4v) is 2.32. The van der Waals surface area contributed by atoms with Crippen molar-refractivity contribution in [3.05, 3.63) is 58.1 Å². The number of ketones is 1. The van der Waals surface area contributed by atoms with Gasteiger partial charge in [-0.1, -0.05) is 28.1 Å². The SMILES string of the molecule is COc1cccc(CC(=O)c2cc(Br)ccc2OC)c1. The first-order chi connectivity index (χ1) is 9.63. The molecule has 2 aromatic rings. The molecule has 0 spiro atoms. The number of ether oxygens (including phenoxy) is 2. The van der Waals surface area contributed by atoms with E-state index in [2.05, 4.69) is 15.9 Å². The quantitative estimate of drug-likeness (QED) is 0.778. The monoisotopic (exact) mass is 334 g/mol. The normalized spacial score (nSPS) is 10.2. The number of benzene rings is 2. The third-order valence-corrected chi connectivity index (χ3v) is 3.45. The van der Waals surface area contributed by atoms with Crippen LogP contribution in [0.2, 0.25) is 0 Å². The van der Waals surface area contributed by atoms with E-state index in [1.54, 1.807) is 26.4 Å². The van der Waals surface area contributed by atoms with Gasteiger partial charge in [-0.05, 0) is 35.9 Å². The lowest BCUT2D eigenvalue weighted by molar-refractivity contribution is 0.0990. The number of hydrogen-bond donors (Lipinski definition) is 0. The Bertz CT molecular complexity index is 623. The molecule has 0 atom stereocenters. The van der Waals surface area contributed by atoms with Gasteiger partial charge in [0.15, 0.2) is 5.78 Å². The topological polar surface area (TPSA) is 35.5 Å². The van der Waals surface area contributed by atoms with Gasteiger partial charge in [-0.15, -0.1) is 0 Å². The molecule has 0 saturated heterocycles. The van der Waals surface area contributed by atoms with E-state index in [0.717, 1.165) is 15.8 Å². The molecule has 0 saturated carbocycles. The zero-order valence-electron chi connectivity index (χ0n) is 11.4. The summed E-state index contributed by atoms with van der Waals surface area (Å²) in [5.74, 6) is 1.34. The van der Waals surface area contributed by atoms with Gasteiger partial charge in [-0.25, -0.2) is 0 Å². The van der Waals surface area contributed by atoms with Crippen LogP contribution < -0.4 is 9.47 Å². The molecule has 0 aliphatic carbocycles. The second kappa shape index (κ2) is 6.57. The molecule has 0 aromatic heterocycles. The van der Waals surface area contributed by atoms with Crippen LogP contribution >= 0.6 is 15.9 Å². The summed E-state index contributed by atoms with van der Waals surface area (Å²) in [4.78, 5) is 12.4. The predicted molar refractivity (Wildman–Crippen MR) is 81.7 cm³/mol. The highest BCUT2D eigenvalue weighted by Crippen LogP contribution is 2.25. The van der Waals surface area contributed by atoms with Gasteiger partial charge in [0.1, 0.15) is 11.5 Å². The second-order valence-electron chi connectivity index (χ2n) is 4.30. The number of methoxy groups -OCH3 is 2. The molecule has 0 fully saturated rings. The summed E-state index contributed by atoms with van der Waals surface area (Å²) >= 11 is 3.37. The number of carbonyl (C=O) groups is 1. The van der Waals surface area contributed by atoms with E-state index >= 15 is 0 Å². The number of halogens is 1. The van der Waals surface area contributed by atoms with Gasteiger partial charge in [0.05, 0.1) is 19.8 Å². The van der Waals surface area contributed by atoms with Crippen LogP contribution in [-0.4, -0.2) is 20.0 Å². The maximum Gasteiger partial charge on any atom is 0.170 e. The first-order valence-corrected chi connectivity index (χ1v) is 6.93.